The lowest BCUT2D eigenvalue weighted by molar-refractivity contribution is 0.0711. The second kappa shape index (κ2) is 6.11. The topological polar surface area (TPSA) is 49.0 Å². The van der Waals surface area contributed by atoms with Crippen LogP contribution in [0.5, 0.6) is 0 Å². The van der Waals surface area contributed by atoms with Crippen LogP contribution in [-0.2, 0) is 12.8 Å². The highest BCUT2D eigenvalue weighted by molar-refractivity contribution is 7.10. The number of likely N-dealkylation sites (tertiary alicyclic amines) is 1. The van der Waals surface area contributed by atoms with E-state index in [0.717, 1.165) is 44.3 Å². The van der Waals surface area contributed by atoms with E-state index in [2.05, 4.69) is 27.4 Å². The molecule has 3 heterocycles. The Labute approximate surface area is 140 Å². The smallest absolute Gasteiger partial charge is 0.254 e. The van der Waals surface area contributed by atoms with Crippen molar-refractivity contribution in [2.24, 2.45) is 0 Å². The van der Waals surface area contributed by atoms with E-state index in [1.165, 1.54) is 34.5 Å². The summed E-state index contributed by atoms with van der Waals surface area (Å²) in [6.07, 6.45) is 8.70. The molecule has 0 aromatic carbocycles. The molecule has 1 aliphatic carbocycles. The van der Waals surface area contributed by atoms with Crippen LogP contribution in [0.2, 0.25) is 0 Å². The zero-order valence-corrected chi connectivity index (χ0v) is 14.4. The van der Waals surface area contributed by atoms with Crippen LogP contribution in [0, 0.1) is 6.92 Å². The first-order chi connectivity index (χ1) is 11.2. The lowest BCUT2D eigenvalue weighted by Crippen LogP contribution is -2.38. The summed E-state index contributed by atoms with van der Waals surface area (Å²) in [5.74, 6) is 0.766. The number of carbonyl (C=O) groups is 1. The number of piperidine rings is 1. The SMILES string of the molecule is Cc1cn[nH]c1C1CCN(C(=O)c2csc3c2CCCC3)CC1. The highest BCUT2D eigenvalue weighted by Gasteiger charge is 2.28. The van der Waals surface area contributed by atoms with Crippen LogP contribution in [0.15, 0.2) is 11.6 Å². The first-order valence-electron chi connectivity index (χ1n) is 8.62. The number of H-pyrrole nitrogens is 1. The summed E-state index contributed by atoms with van der Waals surface area (Å²) in [6.45, 7) is 3.81. The molecular formula is C18H23N3OS. The molecule has 0 atom stereocenters. The number of hydrogen-bond donors (Lipinski definition) is 1. The van der Waals surface area contributed by atoms with Crippen molar-refractivity contribution in [3.63, 3.8) is 0 Å². The largest absolute Gasteiger partial charge is 0.339 e. The standard InChI is InChI=1S/C18H23N3OS/c1-12-10-19-20-17(12)13-6-8-21(9-7-13)18(22)15-11-23-16-5-3-2-4-14(15)16/h10-11,13H,2-9H2,1H3,(H,19,20). The van der Waals surface area contributed by atoms with Gasteiger partial charge in [0.25, 0.3) is 5.91 Å². The highest BCUT2D eigenvalue weighted by Crippen LogP contribution is 2.33. The van der Waals surface area contributed by atoms with Crippen molar-refractivity contribution in [3.05, 3.63) is 38.8 Å². The van der Waals surface area contributed by atoms with E-state index in [-0.39, 0.29) is 5.91 Å². The minimum Gasteiger partial charge on any atom is -0.339 e. The Kier molecular flexibility index (Phi) is 3.97. The maximum absolute atomic E-state index is 12.9. The normalized spacial score (nSPS) is 18.9. The lowest BCUT2D eigenvalue weighted by Gasteiger charge is -2.32. The molecule has 0 radical (unpaired) electrons. The zero-order chi connectivity index (χ0) is 15.8. The van der Waals surface area contributed by atoms with Crippen molar-refractivity contribution in [2.45, 2.75) is 51.4 Å². The predicted molar refractivity (Wildman–Crippen MR) is 92.2 cm³/mol. The summed E-state index contributed by atoms with van der Waals surface area (Å²) in [7, 11) is 0. The Morgan fingerprint density at radius 2 is 2.09 bits per heavy atom. The Morgan fingerprint density at radius 1 is 1.30 bits per heavy atom. The van der Waals surface area contributed by atoms with Gasteiger partial charge in [-0.25, -0.2) is 0 Å². The molecule has 4 rings (SSSR count). The summed E-state index contributed by atoms with van der Waals surface area (Å²) in [4.78, 5) is 16.4. The number of rotatable bonds is 2. The molecule has 2 aromatic rings. The van der Waals surface area contributed by atoms with Gasteiger partial charge in [-0.05, 0) is 56.6 Å². The van der Waals surface area contributed by atoms with E-state index in [4.69, 9.17) is 0 Å². The summed E-state index contributed by atoms with van der Waals surface area (Å²) in [5, 5.41) is 9.37. The monoisotopic (exact) mass is 329 g/mol. The molecule has 23 heavy (non-hydrogen) atoms. The molecule has 0 spiro atoms. The van der Waals surface area contributed by atoms with Gasteiger partial charge in [-0.2, -0.15) is 5.10 Å². The van der Waals surface area contributed by atoms with Gasteiger partial charge in [0.15, 0.2) is 0 Å². The zero-order valence-electron chi connectivity index (χ0n) is 13.6. The number of fused-ring (bicyclic) bond motifs is 1. The number of nitrogens with one attached hydrogen (secondary N) is 1. The van der Waals surface area contributed by atoms with Gasteiger partial charge in [0, 0.05) is 35.0 Å². The maximum Gasteiger partial charge on any atom is 0.254 e. The lowest BCUT2D eigenvalue weighted by atomic mass is 9.91. The van der Waals surface area contributed by atoms with Gasteiger partial charge in [0.2, 0.25) is 0 Å². The third kappa shape index (κ3) is 2.71. The minimum absolute atomic E-state index is 0.254. The second-order valence-electron chi connectivity index (χ2n) is 6.79. The van der Waals surface area contributed by atoms with Crippen molar-refractivity contribution in [1.29, 1.82) is 0 Å². The van der Waals surface area contributed by atoms with Crippen LogP contribution in [0.1, 0.15) is 63.7 Å². The van der Waals surface area contributed by atoms with Crippen LogP contribution in [0.4, 0.5) is 0 Å². The van der Waals surface area contributed by atoms with E-state index in [1.54, 1.807) is 11.3 Å². The average molecular weight is 329 g/mol. The van der Waals surface area contributed by atoms with E-state index >= 15 is 0 Å². The van der Waals surface area contributed by atoms with Gasteiger partial charge in [-0.3, -0.25) is 9.89 Å². The van der Waals surface area contributed by atoms with Crippen molar-refractivity contribution < 1.29 is 4.79 Å². The summed E-state index contributed by atoms with van der Waals surface area (Å²) in [5.41, 5.74) is 4.82. The number of aromatic amines is 1. The molecule has 0 bridgehead atoms. The van der Waals surface area contributed by atoms with Crippen molar-refractivity contribution >= 4 is 17.2 Å². The summed E-state index contributed by atoms with van der Waals surface area (Å²) in [6, 6.07) is 0. The van der Waals surface area contributed by atoms with Crippen LogP contribution in [-0.4, -0.2) is 34.1 Å². The first-order valence-corrected chi connectivity index (χ1v) is 9.50. The van der Waals surface area contributed by atoms with Crippen molar-refractivity contribution in [2.75, 3.05) is 13.1 Å². The number of thiophene rings is 1. The second-order valence-corrected chi connectivity index (χ2v) is 7.76. The molecule has 1 saturated heterocycles. The van der Waals surface area contributed by atoms with E-state index < -0.39 is 0 Å². The predicted octanol–water partition coefficient (Wildman–Crippen LogP) is 3.68. The van der Waals surface area contributed by atoms with Gasteiger partial charge in [-0.1, -0.05) is 0 Å². The molecule has 122 valence electrons. The molecule has 1 amide bonds. The molecule has 5 heteroatoms. The van der Waals surface area contributed by atoms with Crippen LogP contribution < -0.4 is 0 Å². The Hall–Kier alpha value is -1.62. The number of amides is 1. The molecule has 2 aliphatic rings. The molecule has 1 N–H and O–H groups in total. The highest BCUT2D eigenvalue weighted by atomic mass is 32.1. The third-order valence-electron chi connectivity index (χ3n) is 5.35. The molecule has 4 nitrogen and oxygen atoms in total. The van der Waals surface area contributed by atoms with Crippen molar-refractivity contribution in [3.8, 4) is 0 Å². The summed E-state index contributed by atoms with van der Waals surface area (Å²) < 4.78 is 0. The third-order valence-corrected chi connectivity index (χ3v) is 6.44. The first kappa shape index (κ1) is 14.9. The number of carbonyl (C=O) groups excluding carboxylic acids is 1. The fourth-order valence-electron chi connectivity index (χ4n) is 3.98. The van der Waals surface area contributed by atoms with Gasteiger partial charge >= 0.3 is 0 Å². The number of aryl methyl sites for hydroxylation is 2. The van der Waals surface area contributed by atoms with Crippen LogP contribution in [0.3, 0.4) is 0 Å². The molecule has 1 aliphatic heterocycles. The molecule has 0 unspecified atom stereocenters. The number of aromatic nitrogens is 2. The minimum atomic E-state index is 0.254. The van der Waals surface area contributed by atoms with Gasteiger partial charge < -0.3 is 4.90 Å². The summed E-state index contributed by atoms with van der Waals surface area (Å²) >= 11 is 1.78. The molecule has 1 fully saturated rings. The quantitative estimate of drug-likeness (QED) is 0.914. The Bertz CT molecular complexity index is 710. The molecular weight excluding hydrogens is 306 g/mol. The number of hydrogen-bond acceptors (Lipinski definition) is 3. The fraction of sp³-hybridized carbons (Fsp3) is 0.556. The van der Waals surface area contributed by atoms with Crippen LogP contribution in [0.25, 0.3) is 0 Å². The van der Waals surface area contributed by atoms with E-state index in [1.807, 2.05) is 6.20 Å². The van der Waals surface area contributed by atoms with Gasteiger partial charge in [0.1, 0.15) is 0 Å². The Balaban J connectivity index is 1.45. The molecule has 0 saturated carbocycles. The van der Waals surface area contributed by atoms with Crippen LogP contribution >= 0.6 is 11.3 Å². The van der Waals surface area contributed by atoms with E-state index in [9.17, 15) is 4.79 Å². The van der Waals surface area contributed by atoms with Gasteiger partial charge in [0.05, 0.1) is 11.8 Å². The van der Waals surface area contributed by atoms with E-state index in [0.29, 0.717) is 5.92 Å². The number of nitrogens with zero attached hydrogens (tertiary/aromatic N) is 2. The Morgan fingerprint density at radius 3 is 2.83 bits per heavy atom. The van der Waals surface area contributed by atoms with Gasteiger partial charge in [-0.15, -0.1) is 11.3 Å². The maximum atomic E-state index is 12.9. The average Bonchev–Trinajstić information content (AvgIpc) is 3.20. The fourth-order valence-corrected chi connectivity index (χ4v) is 5.10. The molecule has 2 aromatic heterocycles. The van der Waals surface area contributed by atoms with Crippen molar-refractivity contribution in [1.82, 2.24) is 15.1 Å².